The Hall–Kier alpha value is 0.1000. The second-order valence-electron chi connectivity index (χ2n) is 5.06. The molecule has 1 saturated heterocycles. The molecule has 0 amide bonds. The van der Waals surface area contributed by atoms with Gasteiger partial charge in [0.05, 0.1) is 15.5 Å². The van der Waals surface area contributed by atoms with Gasteiger partial charge in [-0.05, 0) is 48.8 Å². The van der Waals surface area contributed by atoms with Crippen LogP contribution in [0.3, 0.4) is 0 Å². The zero-order valence-corrected chi connectivity index (χ0v) is 12.4. The average molecular weight is 304 g/mol. The fraction of sp³-hybridized carbons (Fsp3) is 0.667. The van der Waals surface area contributed by atoms with Crippen LogP contribution in [-0.4, -0.2) is 29.7 Å². The fourth-order valence-corrected chi connectivity index (χ4v) is 3.89. The Bertz CT molecular complexity index is 364. The van der Waals surface area contributed by atoms with E-state index in [4.69, 9.17) is 4.74 Å². The molecule has 0 aliphatic carbocycles. The molecule has 0 saturated carbocycles. The lowest BCUT2D eigenvalue weighted by atomic mass is 10.1. The van der Waals surface area contributed by atoms with Crippen LogP contribution in [0.25, 0.3) is 0 Å². The van der Waals surface area contributed by atoms with Gasteiger partial charge in [0.15, 0.2) is 0 Å². The van der Waals surface area contributed by atoms with Crippen LogP contribution in [0, 0.1) is 0 Å². The molecule has 1 aromatic rings. The van der Waals surface area contributed by atoms with Gasteiger partial charge >= 0.3 is 0 Å². The maximum absolute atomic E-state index is 5.90. The molecule has 16 heavy (non-hydrogen) atoms. The minimum Gasteiger partial charge on any atom is -0.370 e. The van der Waals surface area contributed by atoms with Crippen LogP contribution in [0.4, 0.5) is 0 Å². The van der Waals surface area contributed by atoms with E-state index in [1.165, 1.54) is 8.66 Å². The number of nitrogens with zero attached hydrogens (tertiary/aromatic N) is 1. The number of hydrogen-bond acceptors (Lipinski definition) is 3. The minimum absolute atomic E-state index is 0.0217. The Morgan fingerprint density at radius 1 is 1.56 bits per heavy atom. The highest BCUT2D eigenvalue weighted by Gasteiger charge is 2.31. The van der Waals surface area contributed by atoms with Crippen molar-refractivity contribution in [1.82, 2.24) is 4.90 Å². The topological polar surface area (TPSA) is 12.5 Å². The van der Waals surface area contributed by atoms with E-state index in [2.05, 4.69) is 53.7 Å². The SMILES string of the molecule is CC1CN(Cc2ccc(Br)s2)CC(C)(C)O1. The van der Waals surface area contributed by atoms with Gasteiger partial charge in [0, 0.05) is 24.5 Å². The lowest BCUT2D eigenvalue weighted by molar-refractivity contribution is -0.130. The maximum Gasteiger partial charge on any atom is 0.0757 e. The molecule has 0 spiro atoms. The Morgan fingerprint density at radius 2 is 2.31 bits per heavy atom. The zero-order chi connectivity index (χ0) is 11.8. The van der Waals surface area contributed by atoms with Crippen LogP contribution >= 0.6 is 27.3 Å². The summed E-state index contributed by atoms with van der Waals surface area (Å²) in [7, 11) is 0. The summed E-state index contributed by atoms with van der Waals surface area (Å²) in [5.41, 5.74) is -0.0217. The smallest absolute Gasteiger partial charge is 0.0757 e. The lowest BCUT2D eigenvalue weighted by Crippen LogP contribution is -2.51. The van der Waals surface area contributed by atoms with Crippen LogP contribution < -0.4 is 0 Å². The van der Waals surface area contributed by atoms with E-state index in [9.17, 15) is 0 Å². The molecule has 1 unspecified atom stereocenters. The molecule has 0 bridgehead atoms. The van der Waals surface area contributed by atoms with E-state index < -0.39 is 0 Å². The van der Waals surface area contributed by atoms with Gasteiger partial charge in [-0.1, -0.05) is 0 Å². The summed E-state index contributed by atoms with van der Waals surface area (Å²) < 4.78 is 7.11. The van der Waals surface area contributed by atoms with Gasteiger partial charge in [-0.2, -0.15) is 0 Å². The van der Waals surface area contributed by atoms with Crippen LogP contribution in [0.5, 0.6) is 0 Å². The molecule has 2 rings (SSSR count). The van der Waals surface area contributed by atoms with Crippen molar-refractivity contribution in [2.24, 2.45) is 0 Å². The van der Waals surface area contributed by atoms with Crippen molar-refractivity contribution in [3.8, 4) is 0 Å². The molecule has 90 valence electrons. The second-order valence-corrected chi connectivity index (χ2v) is 7.61. The molecule has 0 aromatic carbocycles. The molecule has 2 nitrogen and oxygen atoms in total. The highest BCUT2D eigenvalue weighted by molar-refractivity contribution is 9.11. The van der Waals surface area contributed by atoms with Crippen molar-refractivity contribution in [2.45, 2.75) is 39.0 Å². The molecular formula is C12H18BrNOS. The van der Waals surface area contributed by atoms with Crippen LogP contribution in [0.1, 0.15) is 25.6 Å². The van der Waals surface area contributed by atoms with Crippen LogP contribution in [-0.2, 0) is 11.3 Å². The maximum atomic E-state index is 5.90. The number of morpholine rings is 1. The molecule has 0 N–H and O–H groups in total. The van der Waals surface area contributed by atoms with E-state index in [0.717, 1.165) is 19.6 Å². The summed E-state index contributed by atoms with van der Waals surface area (Å²) >= 11 is 5.32. The van der Waals surface area contributed by atoms with Crippen molar-refractivity contribution in [2.75, 3.05) is 13.1 Å². The first-order valence-corrected chi connectivity index (χ1v) is 7.20. The van der Waals surface area contributed by atoms with Crippen LogP contribution in [0.15, 0.2) is 15.9 Å². The van der Waals surface area contributed by atoms with Crippen molar-refractivity contribution >= 4 is 27.3 Å². The lowest BCUT2D eigenvalue weighted by Gasteiger charge is -2.41. The predicted octanol–water partition coefficient (Wildman–Crippen LogP) is 3.51. The second kappa shape index (κ2) is 4.77. The molecule has 4 heteroatoms. The highest BCUT2D eigenvalue weighted by atomic mass is 79.9. The van der Waals surface area contributed by atoms with Crippen molar-refractivity contribution in [3.63, 3.8) is 0 Å². The Balaban J connectivity index is 1.99. The van der Waals surface area contributed by atoms with Gasteiger partial charge in [0.1, 0.15) is 0 Å². The third kappa shape index (κ3) is 3.29. The van der Waals surface area contributed by atoms with Gasteiger partial charge in [-0.3, -0.25) is 4.90 Å². The monoisotopic (exact) mass is 303 g/mol. The van der Waals surface area contributed by atoms with Gasteiger partial charge in [-0.25, -0.2) is 0 Å². The third-order valence-electron chi connectivity index (χ3n) is 2.65. The first-order chi connectivity index (χ1) is 7.44. The summed E-state index contributed by atoms with van der Waals surface area (Å²) in [4.78, 5) is 3.89. The Labute approximate surface area is 110 Å². The fourth-order valence-electron chi connectivity index (χ4n) is 2.36. The first-order valence-electron chi connectivity index (χ1n) is 5.59. The van der Waals surface area contributed by atoms with Gasteiger partial charge < -0.3 is 4.74 Å². The minimum atomic E-state index is -0.0217. The highest BCUT2D eigenvalue weighted by Crippen LogP contribution is 2.26. The summed E-state index contributed by atoms with van der Waals surface area (Å²) in [6.45, 7) is 9.55. The summed E-state index contributed by atoms with van der Waals surface area (Å²) in [6.07, 6.45) is 0.326. The molecule has 2 heterocycles. The predicted molar refractivity (Wildman–Crippen MR) is 71.9 cm³/mol. The molecule has 0 radical (unpaired) electrons. The van der Waals surface area contributed by atoms with E-state index in [1.807, 2.05) is 11.3 Å². The first kappa shape index (κ1) is 12.6. The number of halogens is 1. The Kier molecular flexibility index (Phi) is 3.74. The quantitative estimate of drug-likeness (QED) is 0.829. The van der Waals surface area contributed by atoms with E-state index in [0.29, 0.717) is 6.10 Å². The van der Waals surface area contributed by atoms with Crippen molar-refractivity contribution in [1.29, 1.82) is 0 Å². The van der Waals surface area contributed by atoms with E-state index in [-0.39, 0.29) is 5.60 Å². The largest absolute Gasteiger partial charge is 0.370 e. The molecule has 1 aliphatic heterocycles. The van der Waals surface area contributed by atoms with Gasteiger partial charge in [0.25, 0.3) is 0 Å². The van der Waals surface area contributed by atoms with Gasteiger partial charge in [-0.15, -0.1) is 11.3 Å². The third-order valence-corrected chi connectivity index (χ3v) is 4.26. The summed E-state index contributed by atoms with van der Waals surface area (Å²) in [6, 6.07) is 4.32. The number of rotatable bonds is 2. The molecular weight excluding hydrogens is 286 g/mol. The van der Waals surface area contributed by atoms with Crippen LogP contribution in [0.2, 0.25) is 0 Å². The molecule has 1 fully saturated rings. The zero-order valence-electron chi connectivity index (χ0n) is 10.00. The summed E-state index contributed by atoms with van der Waals surface area (Å²) in [5.74, 6) is 0. The van der Waals surface area contributed by atoms with E-state index in [1.54, 1.807) is 0 Å². The van der Waals surface area contributed by atoms with E-state index >= 15 is 0 Å². The normalized spacial score (nSPS) is 25.9. The number of ether oxygens (including phenoxy) is 1. The van der Waals surface area contributed by atoms with Crippen molar-refractivity contribution in [3.05, 3.63) is 20.8 Å². The molecule has 1 aromatic heterocycles. The standard InChI is InChI=1S/C12H18BrNOS/c1-9-6-14(8-12(2,3)15-9)7-10-4-5-11(13)16-10/h4-5,9H,6-8H2,1-3H3. The molecule has 1 atom stereocenters. The number of thiophene rings is 1. The summed E-state index contributed by atoms with van der Waals surface area (Å²) in [5, 5.41) is 0. The number of hydrogen-bond donors (Lipinski definition) is 0. The molecule has 1 aliphatic rings. The average Bonchev–Trinajstić information content (AvgIpc) is 2.46. The van der Waals surface area contributed by atoms with Crippen molar-refractivity contribution < 1.29 is 4.74 Å². The van der Waals surface area contributed by atoms with Gasteiger partial charge in [0.2, 0.25) is 0 Å². The Morgan fingerprint density at radius 3 is 2.88 bits per heavy atom.